The second-order valence-electron chi connectivity index (χ2n) is 14.4. The average Bonchev–Trinajstić information content (AvgIpc) is 2.94. The zero-order chi connectivity index (χ0) is 30.3. The summed E-state index contributed by atoms with van der Waals surface area (Å²) in [5.41, 5.74) is 5.90. The second kappa shape index (κ2) is 15.7. The van der Waals surface area contributed by atoms with Gasteiger partial charge in [0.2, 0.25) is 0 Å². The fraction of sp³-hybridized carbons (Fsp3) is 0.611. The Labute approximate surface area is 271 Å². The second-order valence-corrected chi connectivity index (χ2v) is 14.4. The zero-order valence-electron chi connectivity index (χ0n) is 27.3. The molecule has 0 bridgehead atoms. The van der Waals surface area contributed by atoms with E-state index in [-0.39, 0.29) is 27.9 Å². The maximum atomic E-state index is 11.1. The number of benzene rings is 2. The van der Waals surface area contributed by atoms with Crippen molar-refractivity contribution in [1.82, 2.24) is 9.80 Å². The minimum absolute atomic E-state index is 0. The van der Waals surface area contributed by atoms with Crippen LogP contribution in [-0.2, 0) is 41.0 Å². The van der Waals surface area contributed by atoms with Crippen LogP contribution in [0.4, 0.5) is 0 Å². The summed E-state index contributed by atoms with van der Waals surface area (Å²) in [4.78, 5) is 14.2. The molecule has 43 heavy (non-hydrogen) atoms. The molecule has 2 fully saturated rings. The number of likely N-dealkylation sites (tertiary alicyclic amines) is 2. The van der Waals surface area contributed by atoms with Gasteiger partial charge in [0.05, 0.1) is 13.1 Å². The summed E-state index contributed by atoms with van der Waals surface area (Å²) >= 11 is 0. The van der Waals surface area contributed by atoms with Crippen molar-refractivity contribution in [2.45, 2.75) is 104 Å². The Morgan fingerprint density at radius 3 is 1.28 bits per heavy atom. The summed E-state index contributed by atoms with van der Waals surface area (Å²) in [7, 11) is 0. The molecule has 0 amide bonds. The van der Waals surface area contributed by atoms with E-state index in [4.69, 9.17) is 0 Å². The predicted molar refractivity (Wildman–Crippen MR) is 177 cm³/mol. The first-order chi connectivity index (χ1) is 19.9. The third kappa shape index (κ3) is 10.2. The number of phenols is 2. The van der Waals surface area contributed by atoms with Crippen molar-refractivity contribution >= 4 is 12.4 Å². The molecule has 2 aliphatic heterocycles. The van der Waals surface area contributed by atoms with E-state index in [9.17, 15) is 10.2 Å². The van der Waals surface area contributed by atoms with Gasteiger partial charge in [0.15, 0.2) is 0 Å². The van der Waals surface area contributed by atoms with Crippen LogP contribution in [0.2, 0.25) is 0 Å². The van der Waals surface area contributed by atoms with E-state index in [2.05, 4.69) is 85.6 Å². The fourth-order valence-electron chi connectivity index (χ4n) is 5.90. The summed E-state index contributed by atoms with van der Waals surface area (Å²) < 4.78 is 0. The van der Waals surface area contributed by atoms with Gasteiger partial charge in [-0.15, -0.1) is 0 Å². The van der Waals surface area contributed by atoms with E-state index in [1.54, 1.807) is 12.4 Å². The number of nitrogens with zero attached hydrogens (tertiary/aromatic N) is 4. The van der Waals surface area contributed by atoms with Gasteiger partial charge < -0.3 is 10.2 Å². The van der Waals surface area contributed by atoms with Gasteiger partial charge >= 0.3 is 0 Å². The summed E-state index contributed by atoms with van der Waals surface area (Å²) in [5.74, 6) is 0.678. The van der Waals surface area contributed by atoms with Gasteiger partial charge in [-0.1, -0.05) is 66.5 Å². The quantitative estimate of drug-likeness (QED) is 0.173. The predicted octanol–water partition coefficient (Wildman–Crippen LogP) is 7.20. The standard InChI is InChI=1S/C36H54N4O2.Cu/c1-35(2,3)31-19-27(33(41)29(21-31)25-39-15-9-7-10-16-39)23-37-13-14-38-24-28-20-32(36(4,5)6)22-30(34(28)42)26-40-17-11-8-12-18-40;/h19-24,41-42H,7-18,25-26H2,1-6H3;. The van der Waals surface area contributed by atoms with Crippen LogP contribution in [0.25, 0.3) is 0 Å². The molecular formula is C36H54CuN4O2. The molecule has 4 rings (SSSR count). The normalized spacial score (nSPS) is 17.5. The smallest absolute Gasteiger partial charge is 0.128 e. The Morgan fingerprint density at radius 2 is 0.953 bits per heavy atom. The van der Waals surface area contributed by atoms with Crippen molar-refractivity contribution in [2.75, 3.05) is 39.3 Å². The molecule has 2 heterocycles. The van der Waals surface area contributed by atoms with E-state index in [1.807, 2.05) is 0 Å². The molecule has 7 heteroatoms. The van der Waals surface area contributed by atoms with Gasteiger partial charge in [0.1, 0.15) is 11.5 Å². The monoisotopic (exact) mass is 637 g/mol. The van der Waals surface area contributed by atoms with Crippen molar-refractivity contribution in [2.24, 2.45) is 9.98 Å². The Kier molecular flexibility index (Phi) is 12.9. The fourth-order valence-corrected chi connectivity index (χ4v) is 5.90. The molecule has 2 aromatic rings. The van der Waals surface area contributed by atoms with Crippen molar-refractivity contribution in [3.05, 3.63) is 57.6 Å². The van der Waals surface area contributed by atoms with Gasteiger partial charge in [0, 0.05) is 64.8 Å². The maximum absolute atomic E-state index is 11.1. The Balaban J connectivity index is 0.00000506. The third-order valence-electron chi connectivity index (χ3n) is 8.67. The summed E-state index contributed by atoms with van der Waals surface area (Å²) in [6, 6.07) is 8.48. The van der Waals surface area contributed by atoms with Gasteiger partial charge in [-0.05, 0) is 86.0 Å². The molecule has 2 N–H and O–H groups in total. The van der Waals surface area contributed by atoms with E-state index in [0.29, 0.717) is 24.6 Å². The zero-order valence-corrected chi connectivity index (χ0v) is 28.3. The molecule has 241 valence electrons. The molecule has 0 unspecified atom stereocenters. The largest absolute Gasteiger partial charge is 0.507 e. The van der Waals surface area contributed by atoms with Crippen molar-refractivity contribution in [1.29, 1.82) is 0 Å². The van der Waals surface area contributed by atoms with E-state index >= 15 is 0 Å². The van der Waals surface area contributed by atoms with Gasteiger partial charge in [0.25, 0.3) is 0 Å². The van der Waals surface area contributed by atoms with Gasteiger partial charge in [-0.3, -0.25) is 19.8 Å². The Hall–Kier alpha value is -2.18. The van der Waals surface area contributed by atoms with Crippen LogP contribution >= 0.6 is 0 Å². The number of rotatable bonds is 9. The molecule has 0 atom stereocenters. The molecule has 0 aromatic heterocycles. The van der Waals surface area contributed by atoms with Crippen LogP contribution in [0.15, 0.2) is 34.3 Å². The molecule has 0 saturated carbocycles. The van der Waals surface area contributed by atoms with E-state index in [1.165, 1.54) is 49.7 Å². The van der Waals surface area contributed by atoms with E-state index < -0.39 is 0 Å². The first-order valence-electron chi connectivity index (χ1n) is 16.1. The van der Waals surface area contributed by atoms with E-state index in [0.717, 1.165) is 61.5 Å². The third-order valence-corrected chi connectivity index (χ3v) is 8.67. The molecule has 2 aromatic carbocycles. The molecule has 0 spiro atoms. The van der Waals surface area contributed by atoms with Crippen LogP contribution in [0, 0.1) is 0 Å². The molecule has 2 saturated heterocycles. The van der Waals surface area contributed by atoms with Crippen LogP contribution < -0.4 is 0 Å². The summed E-state index contributed by atoms with van der Waals surface area (Å²) in [5, 5.41) is 22.3. The maximum Gasteiger partial charge on any atom is 0.128 e. The van der Waals surface area contributed by atoms with Crippen molar-refractivity contribution in [3.63, 3.8) is 0 Å². The van der Waals surface area contributed by atoms with Crippen molar-refractivity contribution in [3.8, 4) is 11.5 Å². The number of aromatic hydroxyl groups is 2. The molecule has 0 aliphatic carbocycles. The molecular weight excluding hydrogens is 584 g/mol. The summed E-state index contributed by atoms with van der Waals surface area (Å²) in [6.07, 6.45) is 11.1. The number of hydrogen-bond acceptors (Lipinski definition) is 6. The Morgan fingerprint density at radius 1 is 0.605 bits per heavy atom. The van der Waals surface area contributed by atoms with Gasteiger partial charge in [-0.25, -0.2) is 0 Å². The molecule has 6 nitrogen and oxygen atoms in total. The minimum atomic E-state index is -0.0202. The molecule has 1 radical (unpaired) electrons. The number of phenolic OH excluding ortho intramolecular Hbond substituents is 2. The van der Waals surface area contributed by atoms with Gasteiger partial charge in [-0.2, -0.15) is 0 Å². The number of hydrogen-bond donors (Lipinski definition) is 2. The minimum Gasteiger partial charge on any atom is -0.507 e. The molecule has 2 aliphatic rings. The SMILES string of the molecule is CC(C)(C)c1cc(C=NCCN=Cc2cc(C(C)(C)C)cc(CN3CCCCC3)c2O)c(O)c(CN2CCCCC2)c1.[Cu]. The van der Waals surface area contributed by atoms with Crippen LogP contribution in [-0.4, -0.2) is 71.7 Å². The van der Waals surface area contributed by atoms with Crippen LogP contribution in [0.3, 0.4) is 0 Å². The average molecular weight is 638 g/mol. The summed E-state index contributed by atoms with van der Waals surface area (Å²) in [6.45, 7) is 20.2. The van der Waals surface area contributed by atoms with Crippen LogP contribution in [0.1, 0.15) is 113 Å². The number of piperidine rings is 2. The number of aliphatic imine (C=N–C) groups is 2. The van der Waals surface area contributed by atoms with Crippen molar-refractivity contribution < 1.29 is 27.3 Å². The first-order valence-corrected chi connectivity index (χ1v) is 16.1. The topological polar surface area (TPSA) is 71.7 Å². The Bertz CT molecular complexity index is 1150. The van der Waals surface area contributed by atoms with Crippen LogP contribution in [0.5, 0.6) is 11.5 Å². The first kappa shape index (κ1) is 35.3.